The first kappa shape index (κ1) is 7.27. The third-order valence-electron chi connectivity index (χ3n) is 2.21. The number of aromatic nitrogens is 3. The van der Waals surface area contributed by atoms with E-state index in [0.717, 1.165) is 19.3 Å². The molecule has 12 heavy (non-hydrogen) atoms. The minimum absolute atomic E-state index is 0.194. The van der Waals surface area contributed by atoms with Gasteiger partial charge in [-0.25, -0.2) is 9.48 Å². The molecule has 1 saturated carbocycles. The van der Waals surface area contributed by atoms with Crippen molar-refractivity contribution in [3.05, 3.63) is 11.9 Å². The Kier molecular flexibility index (Phi) is 1.56. The fourth-order valence-corrected chi connectivity index (χ4v) is 1.30. The maximum atomic E-state index is 10.6. The molecule has 1 aliphatic rings. The van der Waals surface area contributed by atoms with E-state index in [0.29, 0.717) is 0 Å². The minimum atomic E-state index is -0.952. The molecule has 5 heteroatoms. The van der Waals surface area contributed by atoms with Crippen LogP contribution >= 0.6 is 0 Å². The molecule has 1 fully saturated rings. The van der Waals surface area contributed by atoms with E-state index in [1.54, 1.807) is 0 Å². The second kappa shape index (κ2) is 2.58. The third-order valence-corrected chi connectivity index (χ3v) is 2.21. The van der Waals surface area contributed by atoms with Gasteiger partial charge in [0.15, 0.2) is 5.69 Å². The number of carboxylic acids is 1. The van der Waals surface area contributed by atoms with Gasteiger partial charge in [-0.05, 0) is 19.3 Å². The molecule has 1 aliphatic carbocycles. The van der Waals surface area contributed by atoms with Crippen molar-refractivity contribution in [3.8, 4) is 0 Å². The van der Waals surface area contributed by atoms with E-state index < -0.39 is 5.97 Å². The smallest absolute Gasteiger partial charge is 0.355 e. The maximum Gasteiger partial charge on any atom is 0.355 e. The Morgan fingerprint density at radius 1 is 1.67 bits per heavy atom. The zero-order valence-electron chi connectivity index (χ0n) is 6.47. The molecule has 0 atom stereocenters. The Balaban J connectivity index is 2.29. The first-order valence-electron chi connectivity index (χ1n) is 3.92. The Morgan fingerprint density at radius 2 is 2.42 bits per heavy atom. The quantitative estimate of drug-likeness (QED) is 0.704. The summed E-state index contributed by atoms with van der Waals surface area (Å²) in [5.41, 5.74) is 0.194. The molecule has 0 radical (unpaired) electrons. The van der Waals surface area contributed by atoms with Gasteiger partial charge >= 0.3 is 5.97 Å². The van der Waals surface area contributed by atoms with Crippen LogP contribution in [0.15, 0.2) is 6.20 Å². The molecule has 0 aromatic carbocycles. The summed E-state index contributed by atoms with van der Waals surface area (Å²) in [5.74, 6) is -0.952. The number of carbonyl (C=O) groups is 1. The minimum Gasteiger partial charge on any atom is -0.476 e. The lowest BCUT2D eigenvalue weighted by atomic mass is 9.93. The molecule has 64 valence electrons. The molecule has 0 bridgehead atoms. The van der Waals surface area contributed by atoms with Crippen molar-refractivity contribution in [2.75, 3.05) is 0 Å². The zero-order valence-corrected chi connectivity index (χ0v) is 6.47. The second-order valence-electron chi connectivity index (χ2n) is 2.95. The molecular weight excluding hydrogens is 158 g/mol. The topological polar surface area (TPSA) is 68.0 Å². The van der Waals surface area contributed by atoms with Crippen molar-refractivity contribution in [2.24, 2.45) is 0 Å². The molecule has 0 unspecified atom stereocenters. The molecule has 1 N–H and O–H groups in total. The summed E-state index contributed by atoms with van der Waals surface area (Å²) in [4.78, 5) is 10.6. The summed E-state index contributed by atoms with van der Waals surface area (Å²) in [6, 6.07) is 0.263. The van der Waals surface area contributed by atoms with Crippen molar-refractivity contribution < 1.29 is 9.90 Å². The van der Waals surface area contributed by atoms with E-state index in [4.69, 9.17) is 5.11 Å². The Morgan fingerprint density at radius 3 is 2.92 bits per heavy atom. The van der Waals surface area contributed by atoms with Crippen molar-refractivity contribution in [2.45, 2.75) is 25.3 Å². The molecule has 0 spiro atoms. The summed E-state index contributed by atoms with van der Waals surface area (Å²) in [5, 5.41) is 16.0. The fraction of sp³-hybridized carbons (Fsp3) is 0.571. The lowest BCUT2D eigenvalue weighted by molar-refractivity contribution is 0.0675. The molecule has 0 aliphatic heterocycles. The number of rotatable bonds is 2. The normalized spacial score (nSPS) is 17.3. The van der Waals surface area contributed by atoms with Gasteiger partial charge in [0.2, 0.25) is 0 Å². The van der Waals surface area contributed by atoms with Gasteiger partial charge in [-0.2, -0.15) is 0 Å². The Bertz CT molecular complexity index is 303. The van der Waals surface area contributed by atoms with E-state index in [1.165, 1.54) is 10.9 Å². The molecular formula is C7H9N3O2. The van der Waals surface area contributed by atoms with Gasteiger partial charge < -0.3 is 5.11 Å². The number of carboxylic acid groups (broad SMARTS) is 1. The predicted molar refractivity (Wildman–Crippen MR) is 39.9 cm³/mol. The van der Waals surface area contributed by atoms with Gasteiger partial charge in [-0.3, -0.25) is 0 Å². The summed E-state index contributed by atoms with van der Waals surface area (Å²) < 4.78 is 1.51. The Hall–Kier alpha value is -1.39. The van der Waals surface area contributed by atoms with Crippen LogP contribution in [0.1, 0.15) is 35.8 Å². The molecule has 0 amide bonds. The van der Waals surface area contributed by atoms with Crippen LogP contribution in [0, 0.1) is 0 Å². The van der Waals surface area contributed by atoms with Crippen molar-refractivity contribution in [1.82, 2.24) is 15.0 Å². The van der Waals surface area contributed by atoms with E-state index in [1.807, 2.05) is 0 Å². The molecule has 5 nitrogen and oxygen atoms in total. The largest absolute Gasteiger partial charge is 0.476 e. The predicted octanol–water partition coefficient (Wildman–Crippen LogP) is 0.701. The van der Waals surface area contributed by atoms with Crippen LogP contribution in [0.4, 0.5) is 0 Å². The highest BCUT2D eigenvalue weighted by atomic mass is 16.4. The average Bonchev–Trinajstić information content (AvgIpc) is 2.31. The van der Waals surface area contributed by atoms with Gasteiger partial charge in [0.05, 0.1) is 12.2 Å². The first-order valence-corrected chi connectivity index (χ1v) is 3.92. The highest BCUT2D eigenvalue weighted by Crippen LogP contribution is 2.31. The van der Waals surface area contributed by atoms with E-state index in [-0.39, 0.29) is 11.7 Å². The fourth-order valence-electron chi connectivity index (χ4n) is 1.30. The van der Waals surface area contributed by atoms with Crippen molar-refractivity contribution >= 4 is 5.97 Å². The monoisotopic (exact) mass is 167 g/mol. The molecule has 0 saturated heterocycles. The van der Waals surface area contributed by atoms with Crippen LogP contribution in [-0.2, 0) is 0 Å². The van der Waals surface area contributed by atoms with E-state index in [9.17, 15) is 4.79 Å². The van der Waals surface area contributed by atoms with Crippen LogP contribution in [0.5, 0.6) is 0 Å². The molecule has 1 aromatic heterocycles. The first-order chi connectivity index (χ1) is 5.79. The standard InChI is InChI=1S/C7H9N3O2/c11-7(12)6-4-8-9-10(6)5-2-1-3-5/h4-5H,1-3H2,(H,11,12). The van der Waals surface area contributed by atoms with Crippen molar-refractivity contribution in [3.63, 3.8) is 0 Å². The summed E-state index contributed by atoms with van der Waals surface area (Å²) in [6.07, 6.45) is 4.48. The van der Waals surface area contributed by atoms with Crippen LogP contribution in [-0.4, -0.2) is 26.1 Å². The number of aromatic carboxylic acids is 1. The molecule has 1 heterocycles. The number of hydrogen-bond donors (Lipinski definition) is 1. The maximum absolute atomic E-state index is 10.6. The van der Waals surface area contributed by atoms with Crippen LogP contribution in [0.3, 0.4) is 0 Å². The van der Waals surface area contributed by atoms with Crippen LogP contribution in [0.25, 0.3) is 0 Å². The number of nitrogens with zero attached hydrogens (tertiary/aromatic N) is 3. The lowest BCUT2D eigenvalue weighted by Gasteiger charge is -2.25. The van der Waals surface area contributed by atoms with Gasteiger partial charge in [-0.15, -0.1) is 5.10 Å². The zero-order chi connectivity index (χ0) is 8.55. The third kappa shape index (κ3) is 0.975. The second-order valence-corrected chi connectivity index (χ2v) is 2.95. The van der Waals surface area contributed by atoms with Crippen LogP contribution < -0.4 is 0 Å². The summed E-state index contributed by atoms with van der Waals surface area (Å²) >= 11 is 0. The van der Waals surface area contributed by atoms with Gasteiger partial charge in [0.25, 0.3) is 0 Å². The highest BCUT2D eigenvalue weighted by molar-refractivity contribution is 5.85. The SMILES string of the molecule is O=C(O)c1cnnn1C1CCC1. The lowest BCUT2D eigenvalue weighted by Crippen LogP contribution is -2.22. The molecule has 2 rings (SSSR count). The van der Waals surface area contributed by atoms with E-state index >= 15 is 0 Å². The summed E-state index contributed by atoms with van der Waals surface area (Å²) in [6.45, 7) is 0. The van der Waals surface area contributed by atoms with Gasteiger partial charge in [0.1, 0.15) is 0 Å². The number of hydrogen-bond acceptors (Lipinski definition) is 3. The van der Waals surface area contributed by atoms with Crippen molar-refractivity contribution in [1.29, 1.82) is 0 Å². The average molecular weight is 167 g/mol. The summed E-state index contributed by atoms with van der Waals surface area (Å²) in [7, 11) is 0. The van der Waals surface area contributed by atoms with E-state index in [2.05, 4.69) is 10.3 Å². The molecule has 1 aromatic rings. The van der Waals surface area contributed by atoms with Crippen LogP contribution in [0.2, 0.25) is 0 Å². The Labute approximate surface area is 69.0 Å². The van der Waals surface area contributed by atoms with Gasteiger partial charge in [0, 0.05) is 0 Å². The highest BCUT2D eigenvalue weighted by Gasteiger charge is 2.24. The van der Waals surface area contributed by atoms with Gasteiger partial charge in [-0.1, -0.05) is 5.21 Å².